The third kappa shape index (κ3) is 2.91. The highest BCUT2D eigenvalue weighted by Gasteiger charge is 2.14. The van der Waals surface area contributed by atoms with E-state index in [-0.39, 0.29) is 6.54 Å². The second-order valence-corrected chi connectivity index (χ2v) is 3.65. The quantitative estimate of drug-likeness (QED) is 0.900. The lowest BCUT2D eigenvalue weighted by Gasteiger charge is -2.01. The second-order valence-electron chi connectivity index (χ2n) is 3.65. The molecule has 0 unspecified atom stereocenters. The number of nitrogens with zero attached hydrogens (tertiary/aromatic N) is 2. The van der Waals surface area contributed by atoms with Crippen LogP contribution in [0.2, 0.25) is 0 Å². The molecule has 0 atom stereocenters. The Hall–Kier alpha value is -2.24. The van der Waals surface area contributed by atoms with Crippen molar-refractivity contribution in [3.05, 3.63) is 48.3 Å². The van der Waals surface area contributed by atoms with E-state index in [0.29, 0.717) is 5.56 Å². The van der Waals surface area contributed by atoms with Crippen LogP contribution < -0.4 is 5.32 Å². The first-order valence-corrected chi connectivity index (χ1v) is 5.31. The maximum absolute atomic E-state index is 12.0. The third-order valence-electron chi connectivity index (χ3n) is 2.32. The molecule has 1 N–H and O–H groups in total. The molecule has 0 radical (unpaired) electrons. The Kier molecular flexibility index (Phi) is 3.66. The van der Waals surface area contributed by atoms with Gasteiger partial charge in [0.25, 0.3) is 5.91 Å². The van der Waals surface area contributed by atoms with Crippen molar-refractivity contribution in [2.24, 2.45) is 0 Å². The van der Waals surface area contributed by atoms with Crippen LogP contribution in [0, 0.1) is 0 Å². The molecule has 1 heterocycles. The molecular weight excluding hydrogens is 240 g/mol. The Balaban J connectivity index is 2.01. The molecule has 0 aliphatic heterocycles. The van der Waals surface area contributed by atoms with Gasteiger partial charge in [-0.05, 0) is 12.1 Å². The molecule has 18 heavy (non-hydrogen) atoms. The van der Waals surface area contributed by atoms with Gasteiger partial charge in [-0.25, -0.2) is 4.68 Å². The highest BCUT2D eigenvalue weighted by molar-refractivity contribution is 5.78. The monoisotopic (exact) mass is 251 g/mol. The largest absolute Gasteiger partial charge is 0.347 e. The summed E-state index contributed by atoms with van der Waals surface area (Å²) in [6.07, 6.45) is 0.217. The molecule has 0 saturated carbocycles. The number of carbonyl (C=O) groups excluding carboxylic acids is 1. The summed E-state index contributed by atoms with van der Waals surface area (Å²) in [5, 5.41) is 6.21. The van der Waals surface area contributed by atoms with Crippen LogP contribution in [0.4, 0.5) is 8.78 Å². The van der Waals surface area contributed by atoms with Crippen LogP contribution in [0.1, 0.15) is 5.56 Å². The van der Waals surface area contributed by atoms with E-state index in [0.717, 1.165) is 5.69 Å². The molecule has 0 spiro atoms. The number of para-hydroxylation sites is 1. The summed E-state index contributed by atoms with van der Waals surface area (Å²) in [6.45, 7) is 0.0377. The SMILES string of the molecule is O=C(NCc1cnn(-c2ccccc2)c1)C(F)F. The van der Waals surface area contributed by atoms with Gasteiger partial charge in [0.1, 0.15) is 0 Å². The number of hydrogen-bond donors (Lipinski definition) is 1. The van der Waals surface area contributed by atoms with Crippen molar-refractivity contribution >= 4 is 5.91 Å². The first-order chi connectivity index (χ1) is 8.66. The van der Waals surface area contributed by atoms with Gasteiger partial charge in [-0.15, -0.1) is 0 Å². The molecule has 1 aromatic carbocycles. The fourth-order valence-electron chi connectivity index (χ4n) is 1.44. The fraction of sp³-hybridized carbons (Fsp3) is 0.167. The molecular formula is C12H11F2N3O. The number of amides is 1. The lowest BCUT2D eigenvalue weighted by atomic mass is 10.3. The predicted molar refractivity (Wildman–Crippen MR) is 61.4 cm³/mol. The number of nitrogens with one attached hydrogen (secondary N) is 1. The normalized spacial score (nSPS) is 10.6. The molecule has 0 bridgehead atoms. The Morgan fingerprint density at radius 3 is 2.72 bits per heavy atom. The first kappa shape index (κ1) is 12.2. The molecule has 0 aliphatic carbocycles. The Morgan fingerprint density at radius 2 is 2.06 bits per heavy atom. The summed E-state index contributed by atoms with van der Waals surface area (Å²) in [5.41, 5.74) is 1.52. The van der Waals surface area contributed by atoms with E-state index in [1.807, 2.05) is 30.3 Å². The van der Waals surface area contributed by atoms with Crippen LogP contribution in [-0.2, 0) is 11.3 Å². The van der Waals surface area contributed by atoms with Gasteiger partial charge in [0, 0.05) is 18.3 Å². The number of rotatable bonds is 4. The maximum Gasteiger partial charge on any atom is 0.315 e. The predicted octanol–water partition coefficient (Wildman–Crippen LogP) is 1.75. The minimum Gasteiger partial charge on any atom is -0.347 e. The van der Waals surface area contributed by atoms with E-state index >= 15 is 0 Å². The van der Waals surface area contributed by atoms with Crippen molar-refractivity contribution in [3.63, 3.8) is 0 Å². The van der Waals surface area contributed by atoms with Crippen LogP contribution in [0.5, 0.6) is 0 Å². The highest BCUT2D eigenvalue weighted by atomic mass is 19.3. The third-order valence-corrected chi connectivity index (χ3v) is 2.32. The molecule has 1 amide bonds. The summed E-state index contributed by atoms with van der Waals surface area (Å²) >= 11 is 0. The molecule has 94 valence electrons. The Bertz CT molecular complexity index is 525. The van der Waals surface area contributed by atoms with Gasteiger partial charge >= 0.3 is 6.43 Å². The summed E-state index contributed by atoms with van der Waals surface area (Å²) in [5.74, 6) is -1.28. The van der Waals surface area contributed by atoms with Crippen molar-refractivity contribution in [1.82, 2.24) is 15.1 Å². The highest BCUT2D eigenvalue weighted by Crippen LogP contribution is 2.07. The molecule has 0 aliphatic rings. The van der Waals surface area contributed by atoms with E-state index in [1.54, 1.807) is 10.9 Å². The van der Waals surface area contributed by atoms with Gasteiger partial charge in [-0.3, -0.25) is 4.79 Å². The summed E-state index contributed by atoms with van der Waals surface area (Å²) in [7, 11) is 0. The smallest absolute Gasteiger partial charge is 0.315 e. The average Bonchev–Trinajstić information content (AvgIpc) is 2.85. The van der Waals surface area contributed by atoms with Crippen LogP contribution in [0.15, 0.2) is 42.7 Å². The summed E-state index contributed by atoms with van der Waals surface area (Å²) in [4.78, 5) is 10.7. The Morgan fingerprint density at radius 1 is 1.33 bits per heavy atom. The van der Waals surface area contributed by atoms with E-state index in [9.17, 15) is 13.6 Å². The van der Waals surface area contributed by atoms with E-state index in [1.165, 1.54) is 6.20 Å². The van der Waals surface area contributed by atoms with Gasteiger partial charge in [0.15, 0.2) is 0 Å². The van der Waals surface area contributed by atoms with Crippen LogP contribution in [0.3, 0.4) is 0 Å². The van der Waals surface area contributed by atoms with Crippen LogP contribution >= 0.6 is 0 Å². The van der Waals surface area contributed by atoms with Gasteiger partial charge in [-0.2, -0.15) is 13.9 Å². The van der Waals surface area contributed by atoms with Crippen molar-refractivity contribution in [3.8, 4) is 5.69 Å². The van der Waals surface area contributed by atoms with Gasteiger partial charge < -0.3 is 5.32 Å². The zero-order chi connectivity index (χ0) is 13.0. The van der Waals surface area contributed by atoms with Crippen molar-refractivity contribution in [2.75, 3.05) is 0 Å². The molecule has 0 saturated heterocycles. The molecule has 6 heteroatoms. The number of aromatic nitrogens is 2. The molecule has 2 rings (SSSR count). The lowest BCUT2D eigenvalue weighted by molar-refractivity contribution is -0.131. The van der Waals surface area contributed by atoms with Gasteiger partial charge in [0.05, 0.1) is 11.9 Å². The average molecular weight is 251 g/mol. The molecule has 4 nitrogen and oxygen atoms in total. The van der Waals surface area contributed by atoms with Crippen LogP contribution in [-0.4, -0.2) is 22.1 Å². The number of halogens is 2. The number of benzene rings is 1. The molecule has 2 aromatic rings. The standard InChI is InChI=1S/C12H11F2N3O/c13-11(14)12(18)15-6-9-7-16-17(8-9)10-4-2-1-3-5-10/h1-5,7-8,11H,6H2,(H,15,18). The zero-order valence-electron chi connectivity index (χ0n) is 9.38. The number of carbonyl (C=O) groups is 1. The topological polar surface area (TPSA) is 46.9 Å². The minimum atomic E-state index is -2.99. The fourth-order valence-corrected chi connectivity index (χ4v) is 1.44. The van der Waals surface area contributed by atoms with Crippen molar-refractivity contribution in [1.29, 1.82) is 0 Å². The second kappa shape index (κ2) is 5.39. The van der Waals surface area contributed by atoms with E-state index in [2.05, 4.69) is 10.4 Å². The van der Waals surface area contributed by atoms with Gasteiger partial charge in [0.2, 0.25) is 0 Å². The number of hydrogen-bond acceptors (Lipinski definition) is 2. The zero-order valence-corrected chi connectivity index (χ0v) is 9.38. The molecule has 1 aromatic heterocycles. The van der Waals surface area contributed by atoms with Crippen LogP contribution in [0.25, 0.3) is 5.69 Å². The van der Waals surface area contributed by atoms with E-state index in [4.69, 9.17) is 0 Å². The lowest BCUT2D eigenvalue weighted by Crippen LogP contribution is -2.28. The van der Waals surface area contributed by atoms with Crippen molar-refractivity contribution < 1.29 is 13.6 Å². The summed E-state index contributed by atoms with van der Waals surface area (Å²) in [6, 6.07) is 9.37. The van der Waals surface area contributed by atoms with Gasteiger partial charge in [-0.1, -0.05) is 18.2 Å². The maximum atomic E-state index is 12.0. The minimum absolute atomic E-state index is 0.0377. The first-order valence-electron chi connectivity index (χ1n) is 5.31. The summed E-state index contributed by atoms with van der Waals surface area (Å²) < 4.78 is 25.6. The number of alkyl halides is 2. The Labute approximate surface area is 102 Å². The van der Waals surface area contributed by atoms with Crippen molar-refractivity contribution in [2.45, 2.75) is 13.0 Å². The molecule has 0 fully saturated rings. The van der Waals surface area contributed by atoms with E-state index < -0.39 is 12.3 Å².